The average Bonchev–Trinajstić information content (AvgIpc) is 3.67. The third-order valence-corrected chi connectivity index (χ3v) is 10.4. The van der Waals surface area contributed by atoms with E-state index in [1.165, 1.54) is 28.0 Å². The number of hydrogen-bond donors (Lipinski definition) is 0. The summed E-state index contributed by atoms with van der Waals surface area (Å²) in [7, 11) is 0. The van der Waals surface area contributed by atoms with E-state index in [2.05, 4.69) is 144 Å². The van der Waals surface area contributed by atoms with E-state index in [-0.39, 0.29) is 0 Å². The van der Waals surface area contributed by atoms with E-state index >= 15 is 0 Å². The highest BCUT2D eigenvalue weighted by Gasteiger charge is 2.21. The second-order valence-electron chi connectivity index (χ2n) is 14.0. The van der Waals surface area contributed by atoms with Gasteiger partial charge in [0, 0.05) is 45.0 Å². The summed E-state index contributed by atoms with van der Waals surface area (Å²) < 4.78 is 6.64. The van der Waals surface area contributed by atoms with E-state index in [0.29, 0.717) is 18.2 Å². The molecule has 0 spiro atoms. The molecule has 0 saturated carbocycles. The van der Waals surface area contributed by atoms with E-state index in [0.717, 1.165) is 62.8 Å². The Balaban J connectivity index is 1.13. The molecule has 7 aromatic carbocycles. The molecule has 1 aromatic heterocycles. The van der Waals surface area contributed by atoms with E-state index < -0.39 is 0 Å². The van der Waals surface area contributed by atoms with Crippen LogP contribution in [0.5, 0.6) is 0 Å². The normalized spacial score (nSPS) is 13.3. The van der Waals surface area contributed by atoms with Crippen LogP contribution in [0.4, 0.5) is 11.4 Å². The molecule has 0 radical (unpaired) electrons. The van der Waals surface area contributed by atoms with E-state index in [9.17, 15) is 0 Å². The molecule has 5 heteroatoms. The molecule has 1 aliphatic carbocycles. The van der Waals surface area contributed by atoms with Gasteiger partial charge in [0.05, 0.1) is 6.54 Å². The van der Waals surface area contributed by atoms with Crippen molar-refractivity contribution in [3.05, 3.63) is 222 Å². The molecule has 9 rings (SSSR count). The Hall–Kier alpha value is -7.37. The first-order chi connectivity index (χ1) is 28.2. The summed E-state index contributed by atoms with van der Waals surface area (Å²) in [4.78, 5) is 16.9. The highest BCUT2D eigenvalue weighted by Crippen LogP contribution is 2.40. The fraction of sp³-hybridized carbons (Fsp3) is 0.0577. The molecule has 0 atom stereocenters. The molecule has 0 saturated heterocycles. The number of allylic oxidation sites excluding steroid dienone is 4. The fourth-order valence-electron chi connectivity index (χ4n) is 7.57. The first-order valence-electron chi connectivity index (χ1n) is 19.3. The molecule has 0 bridgehead atoms. The summed E-state index contributed by atoms with van der Waals surface area (Å²) >= 11 is 0. The molecule has 0 amide bonds. The van der Waals surface area contributed by atoms with Crippen molar-refractivity contribution in [1.29, 1.82) is 0 Å². The number of nitrogens with zero attached hydrogens (tertiary/aromatic N) is 4. The zero-order valence-corrected chi connectivity index (χ0v) is 31.5. The number of hydrogen-bond acceptors (Lipinski definition) is 3. The van der Waals surface area contributed by atoms with Gasteiger partial charge in [0.15, 0.2) is 11.7 Å². The molecular weight excluding hydrogens is 697 g/mol. The molecule has 1 heterocycles. The third kappa shape index (κ3) is 7.51. The molecule has 0 unspecified atom stereocenters. The minimum atomic E-state index is 0.483. The maximum Gasteiger partial charge on any atom is 0.161 e. The summed E-state index contributed by atoms with van der Waals surface area (Å²) in [6.07, 6.45) is 6.37. The van der Waals surface area contributed by atoms with Crippen molar-refractivity contribution in [2.45, 2.75) is 19.4 Å². The van der Waals surface area contributed by atoms with Crippen molar-refractivity contribution < 1.29 is 4.42 Å². The Labute approximate surface area is 333 Å². The van der Waals surface area contributed by atoms with Gasteiger partial charge in [-0.15, -0.1) is 0 Å². The standard InChI is InChI=1S/C52H40N4O/c1-53-52(55-51(42-21-12-5-13-22-42)54-36-37-15-6-2-7-16-37)47-23-14-24-48-50(47)46-34-33-45(35-49(46)57-48)56(43-29-25-40(26-30-43)38-17-8-3-9-18-38)44-31-27-41(28-32-44)39-19-10-4-11-20-39/h2-27,29-31,33-35H,1,28,32,36H2/b54-51-,55-52-. The lowest BCUT2D eigenvalue weighted by molar-refractivity contribution is 0.669. The van der Waals surface area contributed by atoms with Gasteiger partial charge in [-0.1, -0.05) is 152 Å². The van der Waals surface area contributed by atoms with Crippen LogP contribution in [0.15, 0.2) is 219 Å². The van der Waals surface area contributed by atoms with Gasteiger partial charge in [0.25, 0.3) is 0 Å². The lowest BCUT2D eigenvalue weighted by Crippen LogP contribution is -2.17. The van der Waals surface area contributed by atoms with Crippen molar-refractivity contribution in [2.24, 2.45) is 15.0 Å². The Morgan fingerprint density at radius 3 is 1.89 bits per heavy atom. The van der Waals surface area contributed by atoms with Crippen LogP contribution in [0.1, 0.15) is 35.1 Å². The predicted molar refractivity (Wildman–Crippen MR) is 239 cm³/mol. The average molecular weight is 737 g/mol. The number of anilines is 2. The van der Waals surface area contributed by atoms with E-state index in [4.69, 9.17) is 14.4 Å². The third-order valence-electron chi connectivity index (χ3n) is 10.4. The Morgan fingerprint density at radius 2 is 1.21 bits per heavy atom. The van der Waals surface area contributed by atoms with Gasteiger partial charge in [0.2, 0.25) is 0 Å². The van der Waals surface area contributed by atoms with Gasteiger partial charge in [-0.2, -0.15) is 0 Å². The maximum absolute atomic E-state index is 6.64. The van der Waals surface area contributed by atoms with Crippen LogP contribution in [0.25, 0.3) is 38.6 Å². The Bertz CT molecular complexity index is 2800. The number of aliphatic imine (C=N–C) groups is 3. The molecule has 0 fully saturated rings. The first kappa shape index (κ1) is 35.3. The molecule has 57 heavy (non-hydrogen) atoms. The van der Waals surface area contributed by atoms with Crippen molar-refractivity contribution in [3.63, 3.8) is 0 Å². The Morgan fingerprint density at radius 1 is 0.561 bits per heavy atom. The van der Waals surface area contributed by atoms with Gasteiger partial charge in [-0.25, -0.2) is 9.98 Å². The summed E-state index contributed by atoms with van der Waals surface area (Å²) in [5.41, 5.74) is 12.7. The summed E-state index contributed by atoms with van der Waals surface area (Å²) in [5.74, 6) is 1.07. The fourth-order valence-corrected chi connectivity index (χ4v) is 7.57. The first-order valence-corrected chi connectivity index (χ1v) is 19.3. The molecule has 8 aromatic rings. The van der Waals surface area contributed by atoms with Crippen LogP contribution < -0.4 is 4.90 Å². The van der Waals surface area contributed by atoms with E-state index in [1.54, 1.807) is 0 Å². The van der Waals surface area contributed by atoms with Crippen LogP contribution in [0.3, 0.4) is 0 Å². The topological polar surface area (TPSA) is 53.5 Å². The van der Waals surface area contributed by atoms with Crippen LogP contribution >= 0.6 is 0 Å². The van der Waals surface area contributed by atoms with Crippen molar-refractivity contribution in [2.75, 3.05) is 4.90 Å². The van der Waals surface area contributed by atoms with Crippen molar-refractivity contribution >= 4 is 57.3 Å². The highest BCUT2D eigenvalue weighted by atomic mass is 16.3. The molecule has 5 nitrogen and oxygen atoms in total. The van der Waals surface area contributed by atoms with Gasteiger partial charge in [0.1, 0.15) is 11.2 Å². The van der Waals surface area contributed by atoms with Crippen molar-refractivity contribution in [1.82, 2.24) is 0 Å². The molecular formula is C52H40N4O. The Kier molecular flexibility index (Phi) is 10.0. The van der Waals surface area contributed by atoms with Crippen LogP contribution in [0.2, 0.25) is 0 Å². The number of amidine groups is 2. The van der Waals surface area contributed by atoms with E-state index in [1.807, 2.05) is 66.7 Å². The van der Waals surface area contributed by atoms with Crippen LogP contribution in [-0.2, 0) is 6.54 Å². The predicted octanol–water partition coefficient (Wildman–Crippen LogP) is 13.2. The monoisotopic (exact) mass is 736 g/mol. The second kappa shape index (κ2) is 16.2. The lowest BCUT2D eigenvalue weighted by Gasteiger charge is -2.30. The zero-order chi connectivity index (χ0) is 38.4. The lowest BCUT2D eigenvalue weighted by atomic mass is 9.95. The quantitative estimate of drug-likeness (QED) is 0.109. The number of rotatable bonds is 9. The SMILES string of the molecule is C=N/C(=N\C(=N/Cc1ccccc1)c1ccccc1)c1cccc2oc3cc(N(C4=CC=C(c5ccccc5)CC4)c4ccc(-c5ccccc5)cc4)ccc3c12. The molecule has 274 valence electrons. The van der Waals surface area contributed by atoms with Crippen molar-refractivity contribution in [3.8, 4) is 11.1 Å². The van der Waals surface area contributed by atoms with Crippen LogP contribution in [0, 0.1) is 0 Å². The van der Waals surface area contributed by atoms with Crippen LogP contribution in [-0.4, -0.2) is 18.4 Å². The van der Waals surface area contributed by atoms with Gasteiger partial charge in [-0.05, 0) is 83.8 Å². The summed E-state index contributed by atoms with van der Waals surface area (Å²) in [6, 6.07) is 62.7. The maximum atomic E-state index is 6.64. The second-order valence-corrected chi connectivity index (χ2v) is 14.0. The minimum absolute atomic E-state index is 0.483. The molecule has 0 aliphatic heterocycles. The van der Waals surface area contributed by atoms with Gasteiger partial charge in [-0.3, -0.25) is 4.99 Å². The number of fused-ring (bicyclic) bond motifs is 3. The van der Waals surface area contributed by atoms with Gasteiger partial charge < -0.3 is 9.32 Å². The summed E-state index contributed by atoms with van der Waals surface area (Å²) in [5, 5.41) is 1.91. The summed E-state index contributed by atoms with van der Waals surface area (Å²) in [6.45, 7) is 4.45. The number of benzene rings is 7. The smallest absolute Gasteiger partial charge is 0.161 e. The number of furan rings is 1. The highest BCUT2D eigenvalue weighted by molar-refractivity contribution is 6.22. The van der Waals surface area contributed by atoms with Gasteiger partial charge >= 0.3 is 0 Å². The minimum Gasteiger partial charge on any atom is -0.456 e. The molecule has 0 N–H and O–H groups in total. The zero-order valence-electron chi connectivity index (χ0n) is 31.5. The largest absolute Gasteiger partial charge is 0.456 e. The molecule has 1 aliphatic rings.